The average Bonchev–Trinajstić information content (AvgIpc) is 2.15. The van der Waals surface area contributed by atoms with Crippen molar-refractivity contribution in [2.45, 2.75) is 20.3 Å². The van der Waals surface area contributed by atoms with Crippen LogP contribution in [0.1, 0.15) is 30.6 Å². The van der Waals surface area contributed by atoms with Crippen LogP contribution >= 0.6 is 0 Å². The molecule has 0 radical (unpaired) electrons. The van der Waals surface area contributed by atoms with E-state index in [4.69, 9.17) is 5.11 Å². The highest BCUT2D eigenvalue weighted by Gasteiger charge is 2.13. The predicted octanol–water partition coefficient (Wildman–Crippen LogP) is 2.51. The van der Waals surface area contributed by atoms with Gasteiger partial charge >= 0.3 is 5.97 Å². The molecule has 0 atom stereocenters. The fourth-order valence-electron chi connectivity index (χ4n) is 1.38. The van der Waals surface area contributed by atoms with Crippen LogP contribution in [-0.4, -0.2) is 17.0 Å². The van der Waals surface area contributed by atoms with Crippen LogP contribution in [0.2, 0.25) is 0 Å². The lowest BCUT2D eigenvalue weighted by molar-refractivity contribution is -0.116. The maximum absolute atomic E-state index is 13.0. The van der Waals surface area contributed by atoms with Gasteiger partial charge in [0.1, 0.15) is 5.82 Å². The Morgan fingerprint density at radius 3 is 2.59 bits per heavy atom. The van der Waals surface area contributed by atoms with Gasteiger partial charge in [-0.25, -0.2) is 9.18 Å². The number of carbonyl (C=O) groups is 2. The highest BCUT2D eigenvalue weighted by atomic mass is 19.1. The van der Waals surface area contributed by atoms with E-state index < -0.39 is 11.8 Å². The van der Waals surface area contributed by atoms with Crippen molar-refractivity contribution in [3.8, 4) is 0 Å². The van der Waals surface area contributed by atoms with Crippen LogP contribution in [0.25, 0.3) is 0 Å². The molecule has 0 spiro atoms. The summed E-state index contributed by atoms with van der Waals surface area (Å²) in [5.41, 5.74) is -0.133. The highest BCUT2D eigenvalue weighted by Crippen LogP contribution is 2.18. The molecule has 0 bridgehead atoms. The number of aromatic carboxylic acids is 1. The first-order valence-electron chi connectivity index (χ1n) is 5.23. The van der Waals surface area contributed by atoms with Gasteiger partial charge in [-0.3, -0.25) is 4.79 Å². The van der Waals surface area contributed by atoms with E-state index >= 15 is 0 Å². The van der Waals surface area contributed by atoms with Gasteiger partial charge in [0.05, 0.1) is 11.3 Å². The van der Waals surface area contributed by atoms with Gasteiger partial charge in [-0.2, -0.15) is 0 Å². The third-order valence-corrected chi connectivity index (χ3v) is 2.08. The van der Waals surface area contributed by atoms with E-state index in [1.807, 2.05) is 13.8 Å². The first-order valence-corrected chi connectivity index (χ1v) is 5.23. The smallest absolute Gasteiger partial charge is 0.337 e. The first-order chi connectivity index (χ1) is 7.90. The molecule has 1 rings (SSSR count). The zero-order valence-corrected chi connectivity index (χ0v) is 9.66. The molecule has 0 aliphatic rings. The Labute approximate surface area is 98.5 Å². The Kier molecular flexibility index (Phi) is 4.20. The number of carboxylic acids is 1. The monoisotopic (exact) mass is 239 g/mol. The van der Waals surface area contributed by atoms with E-state index in [0.717, 1.165) is 18.2 Å². The zero-order valence-electron chi connectivity index (χ0n) is 9.66. The standard InChI is InChI=1S/C12H14FNO3/c1-7(2)5-11(15)14-10-6-8(13)3-4-9(10)12(16)17/h3-4,6-7H,5H2,1-2H3,(H,14,15)(H,16,17). The average molecular weight is 239 g/mol. The number of amides is 1. The number of anilines is 1. The Morgan fingerprint density at radius 2 is 2.06 bits per heavy atom. The van der Waals surface area contributed by atoms with Gasteiger partial charge in [0.2, 0.25) is 5.91 Å². The fourth-order valence-corrected chi connectivity index (χ4v) is 1.38. The summed E-state index contributed by atoms with van der Waals surface area (Å²) >= 11 is 0. The zero-order chi connectivity index (χ0) is 13.0. The summed E-state index contributed by atoms with van der Waals surface area (Å²) in [6.45, 7) is 3.73. The molecule has 2 N–H and O–H groups in total. The molecule has 17 heavy (non-hydrogen) atoms. The van der Waals surface area contributed by atoms with E-state index in [-0.39, 0.29) is 29.5 Å². The predicted molar refractivity (Wildman–Crippen MR) is 61.4 cm³/mol. The molecule has 0 aliphatic heterocycles. The van der Waals surface area contributed by atoms with Gasteiger partial charge in [0.15, 0.2) is 0 Å². The molecule has 4 nitrogen and oxygen atoms in total. The van der Waals surface area contributed by atoms with Crippen LogP contribution < -0.4 is 5.32 Å². The van der Waals surface area contributed by atoms with Gasteiger partial charge in [-0.05, 0) is 24.1 Å². The molecule has 0 unspecified atom stereocenters. The Morgan fingerprint density at radius 1 is 1.41 bits per heavy atom. The number of halogens is 1. The SMILES string of the molecule is CC(C)CC(=O)Nc1cc(F)ccc1C(=O)O. The van der Waals surface area contributed by atoms with E-state index in [1.54, 1.807) is 0 Å². The normalized spacial score (nSPS) is 10.4. The van der Waals surface area contributed by atoms with Crippen molar-refractivity contribution in [2.75, 3.05) is 5.32 Å². The quantitative estimate of drug-likeness (QED) is 0.848. The van der Waals surface area contributed by atoms with Crippen molar-refractivity contribution in [1.82, 2.24) is 0 Å². The van der Waals surface area contributed by atoms with Crippen LogP contribution in [0.4, 0.5) is 10.1 Å². The van der Waals surface area contributed by atoms with Crippen LogP contribution in [0.5, 0.6) is 0 Å². The molecule has 0 aliphatic carbocycles. The minimum atomic E-state index is -1.20. The van der Waals surface area contributed by atoms with Crippen LogP contribution in [0, 0.1) is 11.7 Å². The van der Waals surface area contributed by atoms with Crippen molar-refractivity contribution < 1.29 is 19.1 Å². The minimum absolute atomic E-state index is 0.0110. The molecule has 0 heterocycles. The second-order valence-corrected chi connectivity index (χ2v) is 4.14. The van der Waals surface area contributed by atoms with Gasteiger partial charge in [-0.1, -0.05) is 13.8 Å². The summed E-state index contributed by atoms with van der Waals surface area (Å²) in [4.78, 5) is 22.3. The topological polar surface area (TPSA) is 66.4 Å². The summed E-state index contributed by atoms with van der Waals surface area (Å²) < 4.78 is 13.0. The highest BCUT2D eigenvalue weighted by molar-refractivity contribution is 6.00. The maximum Gasteiger partial charge on any atom is 0.337 e. The van der Waals surface area contributed by atoms with Crippen LogP contribution in [0.15, 0.2) is 18.2 Å². The molecular weight excluding hydrogens is 225 g/mol. The number of nitrogens with one attached hydrogen (secondary N) is 1. The van der Waals surface area contributed by atoms with E-state index in [1.165, 1.54) is 0 Å². The lowest BCUT2D eigenvalue weighted by Crippen LogP contribution is -2.16. The number of benzene rings is 1. The number of rotatable bonds is 4. The third kappa shape index (κ3) is 3.86. The van der Waals surface area contributed by atoms with E-state index in [0.29, 0.717) is 0 Å². The molecule has 1 amide bonds. The molecule has 0 aromatic heterocycles. The molecule has 0 saturated carbocycles. The van der Waals surface area contributed by atoms with Crippen molar-refractivity contribution in [3.05, 3.63) is 29.6 Å². The maximum atomic E-state index is 13.0. The lowest BCUT2D eigenvalue weighted by Gasteiger charge is -2.09. The summed E-state index contributed by atoms with van der Waals surface area (Å²) in [7, 11) is 0. The number of carbonyl (C=O) groups excluding carboxylic acids is 1. The number of hydrogen-bond donors (Lipinski definition) is 2. The third-order valence-electron chi connectivity index (χ3n) is 2.08. The summed E-state index contributed by atoms with van der Waals surface area (Å²) in [5.74, 6) is -1.97. The second kappa shape index (κ2) is 5.43. The summed E-state index contributed by atoms with van der Waals surface area (Å²) in [6, 6.07) is 3.17. The second-order valence-electron chi connectivity index (χ2n) is 4.14. The molecule has 1 aromatic carbocycles. The molecule has 1 aromatic rings. The van der Waals surface area contributed by atoms with Crippen molar-refractivity contribution in [3.63, 3.8) is 0 Å². The molecule has 92 valence electrons. The molecule has 5 heteroatoms. The van der Waals surface area contributed by atoms with Gasteiger partial charge in [-0.15, -0.1) is 0 Å². The van der Waals surface area contributed by atoms with E-state index in [2.05, 4.69) is 5.32 Å². The number of hydrogen-bond acceptors (Lipinski definition) is 2. The largest absolute Gasteiger partial charge is 0.478 e. The molecule has 0 fully saturated rings. The van der Waals surface area contributed by atoms with Crippen LogP contribution in [-0.2, 0) is 4.79 Å². The van der Waals surface area contributed by atoms with Gasteiger partial charge in [0.25, 0.3) is 0 Å². The summed E-state index contributed by atoms with van der Waals surface area (Å²) in [5, 5.41) is 11.3. The minimum Gasteiger partial charge on any atom is -0.478 e. The Bertz CT molecular complexity index is 443. The summed E-state index contributed by atoms with van der Waals surface area (Å²) in [6.07, 6.45) is 0.259. The number of carboxylic acid groups (broad SMARTS) is 1. The van der Waals surface area contributed by atoms with Crippen molar-refractivity contribution in [1.29, 1.82) is 0 Å². The lowest BCUT2D eigenvalue weighted by atomic mass is 10.1. The van der Waals surface area contributed by atoms with Gasteiger partial charge in [0, 0.05) is 6.42 Å². The van der Waals surface area contributed by atoms with Gasteiger partial charge < -0.3 is 10.4 Å². The van der Waals surface area contributed by atoms with E-state index in [9.17, 15) is 14.0 Å². The van der Waals surface area contributed by atoms with Crippen LogP contribution in [0.3, 0.4) is 0 Å². The molecule has 0 saturated heterocycles. The molecular formula is C12H14FNO3. The first kappa shape index (κ1) is 13.2. The van der Waals surface area contributed by atoms with Crippen molar-refractivity contribution in [2.24, 2.45) is 5.92 Å². The Balaban J connectivity index is 2.92. The van der Waals surface area contributed by atoms with Crippen molar-refractivity contribution >= 4 is 17.6 Å². The Hall–Kier alpha value is -1.91. The fraction of sp³-hybridized carbons (Fsp3) is 0.333.